The second-order valence-electron chi connectivity index (χ2n) is 7.70. The molecule has 1 N–H and O–H groups in total. The summed E-state index contributed by atoms with van der Waals surface area (Å²) in [6.45, 7) is 4.88. The van der Waals surface area contributed by atoms with Crippen LogP contribution in [0.15, 0.2) is 40.3 Å². The van der Waals surface area contributed by atoms with Gasteiger partial charge in [-0.15, -0.1) is 0 Å². The molecule has 2 aromatic rings. The number of hydrogen-bond donors (Lipinski definition) is 1. The van der Waals surface area contributed by atoms with Gasteiger partial charge in [-0.2, -0.15) is 0 Å². The Morgan fingerprint density at radius 3 is 2.60 bits per heavy atom. The van der Waals surface area contributed by atoms with E-state index in [9.17, 15) is 9.59 Å². The van der Waals surface area contributed by atoms with Gasteiger partial charge in [-0.05, 0) is 31.7 Å². The molecule has 0 spiro atoms. The van der Waals surface area contributed by atoms with Crippen LogP contribution in [-0.2, 0) is 18.3 Å². The molecule has 0 saturated carbocycles. The highest BCUT2D eigenvalue weighted by molar-refractivity contribution is 7.99. The van der Waals surface area contributed by atoms with E-state index < -0.39 is 0 Å². The summed E-state index contributed by atoms with van der Waals surface area (Å²) in [6.07, 6.45) is 7.64. The Labute approximate surface area is 184 Å². The third kappa shape index (κ3) is 7.98. The first-order valence-electron chi connectivity index (χ1n) is 11.0. The lowest BCUT2D eigenvalue weighted by Gasteiger charge is -2.12. The maximum absolute atomic E-state index is 12.8. The maximum atomic E-state index is 12.8. The van der Waals surface area contributed by atoms with Crippen LogP contribution in [0.3, 0.4) is 0 Å². The van der Waals surface area contributed by atoms with E-state index in [4.69, 9.17) is 0 Å². The molecule has 0 aliphatic heterocycles. The Balaban J connectivity index is 1.77. The van der Waals surface area contributed by atoms with Gasteiger partial charge in [0.25, 0.3) is 5.56 Å². The van der Waals surface area contributed by atoms with Gasteiger partial charge in [-0.3, -0.25) is 14.2 Å². The number of aromatic nitrogens is 2. The van der Waals surface area contributed by atoms with Crippen molar-refractivity contribution in [2.45, 2.75) is 70.4 Å². The lowest BCUT2D eigenvalue weighted by atomic mass is 10.1. The van der Waals surface area contributed by atoms with Gasteiger partial charge in [0.05, 0.1) is 0 Å². The van der Waals surface area contributed by atoms with Crippen molar-refractivity contribution in [3.8, 4) is 0 Å². The van der Waals surface area contributed by atoms with E-state index in [0.717, 1.165) is 53.5 Å². The monoisotopic (exact) mass is 429 g/mol. The Bertz CT molecular complexity index is 850. The fourth-order valence-electron chi connectivity index (χ4n) is 3.28. The minimum absolute atomic E-state index is 0.0244. The van der Waals surface area contributed by atoms with Crippen LogP contribution in [0.5, 0.6) is 0 Å². The number of unbranched alkanes of at least 4 members (excludes halogenated alkanes) is 4. The predicted octanol–water partition coefficient (Wildman–Crippen LogP) is 4.64. The molecule has 1 aromatic carbocycles. The van der Waals surface area contributed by atoms with Gasteiger partial charge in [0, 0.05) is 43.4 Å². The molecule has 164 valence electrons. The van der Waals surface area contributed by atoms with Gasteiger partial charge < -0.3 is 5.32 Å². The molecule has 0 aliphatic carbocycles. The first-order valence-corrected chi connectivity index (χ1v) is 12.0. The molecule has 30 heavy (non-hydrogen) atoms. The van der Waals surface area contributed by atoms with Gasteiger partial charge in [-0.1, -0.05) is 68.3 Å². The van der Waals surface area contributed by atoms with Crippen LogP contribution in [0.4, 0.5) is 0 Å². The van der Waals surface area contributed by atoms with E-state index in [1.54, 1.807) is 23.4 Å². The van der Waals surface area contributed by atoms with Gasteiger partial charge >= 0.3 is 0 Å². The highest BCUT2D eigenvalue weighted by atomic mass is 32.2. The van der Waals surface area contributed by atoms with E-state index in [1.807, 2.05) is 37.3 Å². The molecule has 5 nitrogen and oxygen atoms in total. The zero-order valence-corrected chi connectivity index (χ0v) is 19.4. The molecule has 0 bridgehead atoms. The first-order chi connectivity index (χ1) is 14.5. The van der Waals surface area contributed by atoms with Crippen molar-refractivity contribution in [1.29, 1.82) is 0 Å². The summed E-state index contributed by atoms with van der Waals surface area (Å²) in [5.74, 6) is 0.991. The van der Waals surface area contributed by atoms with Crippen molar-refractivity contribution in [2.75, 3.05) is 12.3 Å². The summed E-state index contributed by atoms with van der Waals surface area (Å²) in [5.41, 5.74) is 2.69. The molecule has 0 unspecified atom stereocenters. The molecule has 0 atom stereocenters. The zero-order valence-electron chi connectivity index (χ0n) is 18.6. The van der Waals surface area contributed by atoms with Gasteiger partial charge in [0.2, 0.25) is 5.91 Å². The third-order valence-corrected chi connectivity index (χ3v) is 6.27. The van der Waals surface area contributed by atoms with Gasteiger partial charge in [-0.25, -0.2) is 4.98 Å². The fourth-order valence-corrected chi connectivity index (χ4v) is 4.29. The Kier molecular flexibility index (Phi) is 10.7. The largest absolute Gasteiger partial charge is 0.356 e. The number of thioether (sulfide) groups is 1. The predicted molar refractivity (Wildman–Crippen MR) is 125 cm³/mol. The van der Waals surface area contributed by atoms with Gasteiger partial charge in [0.1, 0.15) is 0 Å². The number of carbonyl (C=O) groups excluding carboxylic acids is 1. The molecule has 0 saturated heterocycles. The molecule has 6 heteroatoms. The maximum Gasteiger partial charge on any atom is 0.257 e. The van der Waals surface area contributed by atoms with Crippen molar-refractivity contribution in [2.24, 2.45) is 7.05 Å². The van der Waals surface area contributed by atoms with Crippen LogP contribution < -0.4 is 10.9 Å². The zero-order chi connectivity index (χ0) is 21.8. The quantitative estimate of drug-likeness (QED) is 0.286. The summed E-state index contributed by atoms with van der Waals surface area (Å²) >= 11 is 1.59. The molecule has 0 aliphatic rings. The molecule has 1 aromatic heterocycles. The SMILES string of the molecule is CCCCCCNC(=O)CCCCSc1nc(C)c(Cc2ccccc2)c(=O)n1C. The smallest absolute Gasteiger partial charge is 0.257 e. The van der Waals surface area contributed by atoms with Crippen LogP contribution in [0, 0.1) is 6.92 Å². The standard InChI is InChI=1S/C24H35N3O2S/c1-4-5-6-11-16-25-22(28)15-10-12-17-30-24-26-19(2)21(23(29)27(24)3)18-20-13-8-7-9-14-20/h7-9,13-14H,4-6,10-12,15-18H2,1-3H3,(H,25,28). The van der Waals surface area contributed by atoms with Crippen LogP contribution in [0.1, 0.15) is 68.7 Å². The number of rotatable bonds is 13. The average molecular weight is 430 g/mol. The second kappa shape index (κ2) is 13.3. The molecule has 1 heterocycles. The van der Waals surface area contributed by atoms with E-state index in [0.29, 0.717) is 12.8 Å². The Hall–Kier alpha value is -2.08. The molecule has 0 fully saturated rings. The van der Waals surface area contributed by atoms with Crippen LogP contribution in [0.25, 0.3) is 0 Å². The normalized spacial score (nSPS) is 10.9. The molecule has 1 amide bonds. The van der Waals surface area contributed by atoms with Crippen LogP contribution in [0.2, 0.25) is 0 Å². The van der Waals surface area contributed by atoms with Crippen molar-refractivity contribution >= 4 is 17.7 Å². The molecular formula is C24H35N3O2S. The van der Waals surface area contributed by atoms with Crippen molar-refractivity contribution in [1.82, 2.24) is 14.9 Å². The number of amides is 1. The molecule has 2 rings (SSSR count). The van der Waals surface area contributed by atoms with Crippen molar-refractivity contribution in [3.05, 3.63) is 57.5 Å². The second-order valence-corrected chi connectivity index (χ2v) is 8.76. The topological polar surface area (TPSA) is 64.0 Å². The summed E-state index contributed by atoms with van der Waals surface area (Å²) in [5, 5.41) is 3.74. The molecular weight excluding hydrogens is 394 g/mol. The van der Waals surface area contributed by atoms with Crippen molar-refractivity contribution < 1.29 is 4.79 Å². The Morgan fingerprint density at radius 1 is 1.10 bits per heavy atom. The number of hydrogen-bond acceptors (Lipinski definition) is 4. The number of aryl methyl sites for hydroxylation is 1. The highest BCUT2D eigenvalue weighted by Gasteiger charge is 2.13. The molecule has 0 radical (unpaired) electrons. The summed E-state index contributed by atoms with van der Waals surface area (Å²) in [7, 11) is 1.79. The fraction of sp³-hybridized carbons (Fsp3) is 0.542. The number of nitrogens with zero attached hydrogens (tertiary/aromatic N) is 2. The number of carbonyl (C=O) groups is 1. The average Bonchev–Trinajstić information content (AvgIpc) is 2.75. The summed E-state index contributed by atoms with van der Waals surface area (Å²) < 4.78 is 1.65. The summed E-state index contributed by atoms with van der Waals surface area (Å²) in [4.78, 5) is 29.4. The Morgan fingerprint density at radius 2 is 1.87 bits per heavy atom. The highest BCUT2D eigenvalue weighted by Crippen LogP contribution is 2.18. The number of benzene rings is 1. The first kappa shape index (κ1) is 24.2. The summed E-state index contributed by atoms with van der Waals surface area (Å²) in [6, 6.07) is 10.0. The minimum Gasteiger partial charge on any atom is -0.356 e. The van der Waals surface area contributed by atoms with E-state index in [-0.39, 0.29) is 11.5 Å². The van der Waals surface area contributed by atoms with E-state index in [2.05, 4.69) is 17.2 Å². The number of nitrogens with one attached hydrogen (secondary N) is 1. The van der Waals surface area contributed by atoms with Crippen LogP contribution >= 0.6 is 11.8 Å². The minimum atomic E-state index is 0.0244. The van der Waals surface area contributed by atoms with Gasteiger partial charge in [0.15, 0.2) is 5.16 Å². The van der Waals surface area contributed by atoms with E-state index in [1.165, 1.54) is 19.3 Å². The lowest BCUT2D eigenvalue weighted by molar-refractivity contribution is -0.121. The lowest BCUT2D eigenvalue weighted by Crippen LogP contribution is -2.26. The van der Waals surface area contributed by atoms with E-state index >= 15 is 0 Å². The van der Waals surface area contributed by atoms with Crippen molar-refractivity contribution in [3.63, 3.8) is 0 Å². The van der Waals surface area contributed by atoms with Crippen LogP contribution in [-0.4, -0.2) is 27.8 Å². The third-order valence-electron chi connectivity index (χ3n) is 5.16.